The topological polar surface area (TPSA) is 31.4 Å². The van der Waals surface area contributed by atoms with E-state index in [1.165, 1.54) is 5.56 Å². The third-order valence-corrected chi connectivity index (χ3v) is 13.5. The van der Waals surface area contributed by atoms with Crippen molar-refractivity contribution in [3.05, 3.63) is 46.0 Å². The average molecular weight is 592 g/mol. The van der Waals surface area contributed by atoms with E-state index in [2.05, 4.69) is 100 Å². The van der Waals surface area contributed by atoms with E-state index in [0.717, 1.165) is 16.0 Å². The number of thiophene rings is 1. The van der Waals surface area contributed by atoms with E-state index in [0.29, 0.717) is 17.6 Å². The van der Waals surface area contributed by atoms with Crippen molar-refractivity contribution in [1.29, 1.82) is 0 Å². The molecule has 8 heteroatoms. The molecule has 0 saturated heterocycles. The Kier molecular flexibility index (Phi) is 12.3. The lowest BCUT2D eigenvalue weighted by molar-refractivity contribution is 0.0289. The number of hydrogen-bond donors (Lipinski definition) is 0. The van der Waals surface area contributed by atoms with Crippen molar-refractivity contribution in [2.24, 2.45) is 11.3 Å². The van der Waals surface area contributed by atoms with Gasteiger partial charge in [-0.1, -0.05) is 60.7 Å². The largest absolute Gasteiger partial charge is 0.478 e. The van der Waals surface area contributed by atoms with Crippen LogP contribution in [0.1, 0.15) is 47.1 Å². The van der Waals surface area contributed by atoms with Crippen molar-refractivity contribution in [3.63, 3.8) is 0 Å². The molecule has 2 heterocycles. The molecule has 1 radical (unpaired) electrons. The van der Waals surface area contributed by atoms with Crippen molar-refractivity contribution < 1.29 is 9.16 Å². The van der Waals surface area contributed by atoms with Crippen LogP contribution in [0, 0.1) is 11.3 Å². The normalized spacial score (nSPS) is 14.5. The Morgan fingerprint density at radius 2 is 1.79 bits per heavy atom. The highest BCUT2D eigenvalue weighted by atomic mass is 79.9. The molecule has 3 nitrogen and oxygen atoms in total. The van der Waals surface area contributed by atoms with E-state index in [-0.39, 0.29) is 11.5 Å². The molecule has 2 aromatic heterocycles. The fourth-order valence-corrected chi connectivity index (χ4v) is 4.56. The first kappa shape index (κ1) is 30.8. The van der Waals surface area contributed by atoms with E-state index >= 15 is 0 Å². The van der Waals surface area contributed by atoms with Crippen LogP contribution in [0.25, 0.3) is 0 Å². The molecule has 33 heavy (non-hydrogen) atoms. The summed E-state index contributed by atoms with van der Waals surface area (Å²) in [7, 11) is -2.15. The van der Waals surface area contributed by atoms with Crippen molar-refractivity contribution in [2.45, 2.75) is 85.3 Å². The first-order valence-corrected chi connectivity index (χ1v) is 19.5. The van der Waals surface area contributed by atoms with Gasteiger partial charge in [-0.15, -0.1) is 11.3 Å². The van der Waals surface area contributed by atoms with E-state index < -0.39 is 16.4 Å². The van der Waals surface area contributed by atoms with Gasteiger partial charge in [-0.2, -0.15) is 11.1 Å². The number of halogens is 2. The van der Waals surface area contributed by atoms with Gasteiger partial charge in [0.05, 0.1) is 6.61 Å². The molecule has 0 bridgehead atoms. The first-order valence-electron chi connectivity index (χ1n) is 11.4. The van der Waals surface area contributed by atoms with Crippen LogP contribution in [-0.2, 0) is 10.8 Å². The van der Waals surface area contributed by atoms with E-state index in [1.807, 2.05) is 24.5 Å². The van der Waals surface area contributed by atoms with Gasteiger partial charge in [0, 0.05) is 34.2 Å². The van der Waals surface area contributed by atoms with Gasteiger partial charge < -0.3 is 9.16 Å². The minimum absolute atomic E-state index is 0.00524. The second kappa shape index (κ2) is 13.2. The van der Waals surface area contributed by atoms with Gasteiger partial charge in [0.15, 0.2) is 12.4 Å². The maximum Gasteiger partial charge on any atom is 0.205 e. The third-order valence-electron chi connectivity index (χ3n) is 5.87. The fraction of sp³-hybridized carbons (Fsp3) is 0.640. The number of pyridine rings is 1. The number of rotatable bonds is 8. The van der Waals surface area contributed by atoms with Gasteiger partial charge in [0.2, 0.25) is 9.04 Å². The van der Waals surface area contributed by atoms with Crippen LogP contribution in [-0.4, -0.2) is 34.1 Å². The number of ether oxygens (including phenoxy) is 1. The fourth-order valence-electron chi connectivity index (χ4n) is 2.76. The molecule has 2 atom stereocenters. The van der Waals surface area contributed by atoms with Crippen molar-refractivity contribution in [1.82, 2.24) is 4.98 Å². The molecule has 0 saturated carbocycles. The molecule has 0 aliphatic carbocycles. The molecule has 0 fully saturated rings. The molecule has 0 amide bonds. The predicted octanol–water partition coefficient (Wildman–Crippen LogP) is 9.06. The lowest BCUT2D eigenvalue weighted by Crippen LogP contribution is -2.41. The minimum Gasteiger partial charge on any atom is -0.478 e. The van der Waals surface area contributed by atoms with Gasteiger partial charge >= 0.3 is 0 Å². The van der Waals surface area contributed by atoms with E-state index in [9.17, 15) is 0 Å². The molecule has 187 valence electrons. The highest BCUT2D eigenvalue weighted by molar-refractivity contribution is 9.10. The summed E-state index contributed by atoms with van der Waals surface area (Å²) in [4.78, 5) is 4.27. The summed E-state index contributed by atoms with van der Waals surface area (Å²) in [5.74, 6) is 0.318. The molecule has 1 unspecified atom stereocenters. The van der Waals surface area contributed by atoms with E-state index in [4.69, 9.17) is 20.2 Å². The van der Waals surface area contributed by atoms with Gasteiger partial charge in [-0.25, -0.2) is 0 Å². The van der Waals surface area contributed by atoms with Crippen molar-refractivity contribution >= 4 is 54.8 Å². The Hall–Kier alpha value is -0.186. The summed E-state index contributed by atoms with van der Waals surface area (Å²) < 4.78 is 13.5. The molecule has 0 spiro atoms. The molecular weight excluding hydrogens is 550 g/mol. The highest BCUT2D eigenvalue weighted by Gasteiger charge is 2.35. The highest BCUT2D eigenvalue weighted by Crippen LogP contribution is 2.38. The summed E-state index contributed by atoms with van der Waals surface area (Å²) in [6, 6.07) is 6.17. The summed E-state index contributed by atoms with van der Waals surface area (Å²) in [6.45, 7) is 22.7. The smallest absolute Gasteiger partial charge is 0.205 e. The van der Waals surface area contributed by atoms with Gasteiger partial charge in [-0.3, -0.25) is 4.98 Å². The lowest BCUT2D eigenvalue weighted by atomic mass is 9.74. The molecule has 2 rings (SSSR count). The van der Waals surface area contributed by atoms with Crippen molar-refractivity contribution in [2.75, 3.05) is 6.61 Å². The van der Waals surface area contributed by atoms with Crippen LogP contribution in [0.2, 0.25) is 31.2 Å². The number of hydrogen-bond acceptors (Lipinski definition) is 4. The molecular formula is C25H42BrClNO2SSi2. The summed E-state index contributed by atoms with van der Waals surface area (Å²) >= 11 is 11.3. The predicted molar refractivity (Wildman–Crippen MR) is 154 cm³/mol. The number of aromatic nitrogens is 1. The second-order valence-electron chi connectivity index (χ2n) is 11.2. The molecule has 0 aromatic carbocycles. The van der Waals surface area contributed by atoms with Gasteiger partial charge in [0.25, 0.3) is 0 Å². The van der Waals surface area contributed by atoms with E-state index in [1.54, 1.807) is 11.3 Å². The standard InChI is InChI=1S/C19H27BrNO2SSi.C6H15ClSi/c1-19(2,3)16(9-14-7-6-8-21-11-14)17(12-22-25(4)5)23-18-10-15(20)13-24-18;1-6(2,3)8(4,5)7/h6-8,10-11,13,16-17H,9,12H2,1-5H3;1-5H3/t16?,17-;/m0./s1. The minimum atomic E-state index is -1.39. The molecule has 0 N–H and O–H groups in total. The number of nitrogens with zero attached hydrogens (tertiary/aromatic N) is 1. The lowest BCUT2D eigenvalue weighted by Gasteiger charge is -2.37. The van der Waals surface area contributed by atoms with Crippen LogP contribution in [0.4, 0.5) is 0 Å². The Morgan fingerprint density at radius 1 is 1.18 bits per heavy atom. The Balaban J connectivity index is 0.000000582. The maximum atomic E-state index is 6.41. The van der Waals surface area contributed by atoms with Crippen LogP contribution >= 0.6 is 38.3 Å². The second-order valence-corrected chi connectivity index (χ2v) is 22.4. The average Bonchev–Trinajstić information content (AvgIpc) is 3.07. The Labute approximate surface area is 222 Å². The molecule has 0 aliphatic rings. The zero-order valence-corrected chi connectivity index (χ0v) is 27.1. The molecule has 0 aliphatic heterocycles. The maximum absolute atomic E-state index is 6.41. The monoisotopic (exact) mass is 590 g/mol. The van der Waals surface area contributed by atoms with Crippen molar-refractivity contribution in [3.8, 4) is 5.06 Å². The Bertz CT molecular complexity index is 802. The first-order chi connectivity index (χ1) is 15.0. The quantitative estimate of drug-likeness (QED) is 0.227. The zero-order chi connectivity index (χ0) is 25.4. The zero-order valence-electron chi connectivity index (χ0n) is 22.0. The SMILES string of the molecule is CC(C)(C)[Si](C)(C)Cl.C[Si](C)OC[C@H](Oc1cc(Br)cs1)C(Cc1cccnc1)C(C)(C)C. The van der Waals surface area contributed by atoms with Gasteiger partial charge in [-0.05, 0) is 57.5 Å². The summed E-state index contributed by atoms with van der Waals surface area (Å²) in [5.41, 5.74) is 1.33. The third kappa shape index (κ3) is 11.9. The van der Waals surface area contributed by atoms with Crippen LogP contribution in [0.5, 0.6) is 5.06 Å². The van der Waals surface area contributed by atoms with Crippen LogP contribution in [0.3, 0.4) is 0 Å². The van der Waals surface area contributed by atoms with Crippen LogP contribution < -0.4 is 4.74 Å². The summed E-state index contributed by atoms with van der Waals surface area (Å²) in [6.07, 6.45) is 4.70. The van der Waals surface area contributed by atoms with Gasteiger partial charge in [0.1, 0.15) is 6.10 Å². The Morgan fingerprint density at radius 3 is 2.18 bits per heavy atom. The van der Waals surface area contributed by atoms with Crippen LogP contribution in [0.15, 0.2) is 40.4 Å². The summed E-state index contributed by atoms with van der Waals surface area (Å²) in [5, 5.41) is 3.33. The molecule has 2 aromatic rings.